The molecule has 15 heavy (non-hydrogen) atoms. The van der Waals surface area contributed by atoms with E-state index in [1.165, 1.54) is 0 Å². The smallest absolute Gasteiger partial charge is 0.236 e. The molecule has 0 aliphatic rings. The zero-order chi connectivity index (χ0) is 10.7. The quantitative estimate of drug-likeness (QED) is 0.803. The third-order valence-corrected chi connectivity index (χ3v) is 2.09. The molecule has 0 atom stereocenters. The molecule has 0 bridgehead atoms. The normalized spacial score (nSPS) is 9.93. The highest BCUT2D eigenvalue weighted by atomic mass is 16.5. The molecule has 4 heteroatoms. The van der Waals surface area contributed by atoms with Crippen molar-refractivity contribution in [3.8, 4) is 17.0 Å². The van der Waals surface area contributed by atoms with Crippen LogP contribution in [0.2, 0.25) is 0 Å². The molecule has 0 fully saturated rings. The van der Waals surface area contributed by atoms with Crippen LogP contribution in [0.5, 0.6) is 5.88 Å². The number of nitrogens with two attached hydrogens (primary N) is 1. The van der Waals surface area contributed by atoms with E-state index in [1.54, 1.807) is 25.7 Å². The Morgan fingerprint density at radius 1 is 1.20 bits per heavy atom. The van der Waals surface area contributed by atoms with E-state index in [4.69, 9.17) is 10.5 Å². The molecule has 0 unspecified atom stereocenters. The Morgan fingerprint density at radius 2 is 1.93 bits per heavy atom. The van der Waals surface area contributed by atoms with Gasteiger partial charge in [0.05, 0.1) is 12.8 Å². The number of pyridine rings is 2. The number of methoxy groups -OCH3 is 1. The SMILES string of the molecule is COc1ncc(-c2ccncc2)cc1N. The molecule has 2 aromatic rings. The number of ether oxygens (including phenoxy) is 1. The topological polar surface area (TPSA) is 61.0 Å². The maximum atomic E-state index is 5.77. The summed E-state index contributed by atoms with van der Waals surface area (Å²) < 4.78 is 4.99. The fourth-order valence-electron chi connectivity index (χ4n) is 1.34. The van der Waals surface area contributed by atoms with E-state index in [1.807, 2.05) is 18.2 Å². The van der Waals surface area contributed by atoms with Crippen molar-refractivity contribution in [1.82, 2.24) is 9.97 Å². The monoisotopic (exact) mass is 201 g/mol. The summed E-state index contributed by atoms with van der Waals surface area (Å²) in [6.45, 7) is 0. The van der Waals surface area contributed by atoms with Crippen molar-refractivity contribution in [3.05, 3.63) is 36.8 Å². The van der Waals surface area contributed by atoms with Crippen LogP contribution in [0.3, 0.4) is 0 Å². The van der Waals surface area contributed by atoms with E-state index in [9.17, 15) is 0 Å². The number of aromatic nitrogens is 2. The van der Waals surface area contributed by atoms with Gasteiger partial charge in [-0.25, -0.2) is 4.98 Å². The molecule has 0 saturated heterocycles. The van der Waals surface area contributed by atoms with Crippen molar-refractivity contribution >= 4 is 5.69 Å². The van der Waals surface area contributed by atoms with E-state index in [0.29, 0.717) is 11.6 Å². The van der Waals surface area contributed by atoms with E-state index in [2.05, 4.69) is 9.97 Å². The van der Waals surface area contributed by atoms with Crippen LogP contribution >= 0.6 is 0 Å². The first-order valence-electron chi connectivity index (χ1n) is 4.51. The first-order chi connectivity index (χ1) is 7.31. The molecule has 0 amide bonds. The molecule has 2 heterocycles. The molecular formula is C11H11N3O. The number of nitrogens with zero attached hydrogens (tertiary/aromatic N) is 2. The molecule has 4 nitrogen and oxygen atoms in total. The lowest BCUT2D eigenvalue weighted by atomic mass is 10.1. The lowest BCUT2D eigenvalue weighted by Crippen LogP contribution is -1.95. The summed E-state index contributed by atoms with van der Waals surface area (Å²) in [5.41, 5.74) is 8.29. The van der Waals surface area contributed by atoms with E-state index < -0.39 is 0 Å². The third-order valence-electron chi connectivity index (χ3n) is 2.09. The molecule has 2 aromatic heterocycles. The Kier molecular flexibility index (Phi) is 2.49. The Morgan fingerprint density at radius 3 is 2.53 bits per heavy atom. The van der Waals surface area contributed by atoms with Gasteiger partial charge >= 0.3 is 0 Å². The minimum atomic E-state index is 0.452. The molecule has 0 aliphatic carbocycles. The van der Waals surface area contributed by atoms with Crippen LogP contribution in [0.1, 0.15) is 0 Å². The maximum Gasteiger partial charge on any atom is 0.236 e. The van der Waals surface area contributed by atoms with Gasteiger partial charge in [0.15, 0.2) is 0 Å². The highest BCUT2D eigenvalue weighted by Crippen LogP contribution is 2.24. The predicted molar refractivity (Wildman–Crippen MR) is 58.4 cm³/mol. The highest BCUT2D eigenvalue weighted by molar-refractivity contribution is 5.67. The van der Waals surface area contributed by atoms with Gasteiger partial charge in [0.1, 0.15) is 0 Å². The number of hydrogen-bond donors (Lipinski definition) is 1. The first kappa shape index (κ1) is 9.45. The van der Waals surface area contributed by atoms with Crippen molar-refractivity contribution in [2.24, 2.45) is 0 Å². The van der Waals surface area contributed by atoms with E-state index in [-0.39, 0.29) is 0 Å². The zero-order valence-corrected chi connectivity index (χ0v) is 8.34. The number of hydrogen-bond acceptors (Lipinski definition) is 4. The summed E-state index contributed by atoms with van der Waals surface area (Å²) in [5, 5.41) is 0. The van der Waals surface area contributed by atoms with Crippen LogP contribution in [0.15, 0.2) is 36.8 Å². The van der Waals surface area contributed by atoms with Gasteiger partial charge in [0.25, 0.3) is 0 Å². The van der Waals surface area contributed by atoms with Gasteiger partial charge in [0, 0.05) is 24.2 Å². The lowest BCUT2D eigenvalue weighted by molar-refractivity contribution is 0.400. The summed E-state index contributed by atoms with van der Waals surface area (Å²) in [5.74, 6) is 0.452. The highest BCUT2D eigenvalue weighted by Gasteiger charge is 2.03. The van der Waals surface area contributed by atoms with Crippen LogP contribution in [-0.2, 0) is 0 Å². The second-order valence-corrected chi connectivity index (χ2v) is 3.06. The minimum absolute atomic E-state index is 0.452. The molecule has 0 aliphatic heterocycles. The lowest BCUT2D eigenvalue weighted by Gasteiger charge is -2.05. The number of nitrogen functional groups attached to an aromatic ring is 1. The number of rotatable bonds is 2. The average Bonchev–Trinajstić information content (AvgIpc) is 2.30. The Labute approximate surface area is 87.7 Å². The Bertz CT molecular complexity index is 457. The van der Waals surface area contributed by atoms with Crippen LogP contribution in [0.25, 0.3) is 11.1 Å². The molecule has 2 rings (SSSR count). The second-order valence-electron chi connectivity index (χ2n) is 3.06. The first-order valence-corrected chi connectivity index (χ1v) is 4.51. The number of anilines is 1. The van der Waals surface area contributed by atoms with Crippen LogP contribution in [0, 0.1) is 0 Å². The predicted octanol–water partition coefficient (Wildman–Crippen LogP) is 1.73. The molecule has 0 saturated carbocycles. The minimum Gasteiger partial charge on any atom is -0.480 e. The maximum absolute atomic E-state index is 5.77. The zero-order valence-electron chi connectivity index (χ0n) is 8.34. The summed E-state index contributed by atoms with van der Waals surface area (Å²) >= 11 is 0. The molecule has 2 N–H and O–H groups in total. The summed E-state index contributed by atoms with van der Waals surface area (Å²) in [6, 6.07) is 5.65. The standard InChI is InChI=1S/C11H11N3O/c1-15-11-10(12)6-9(7-14-11)8-2-4-13-5-3-8/h2-7H,12H2,1H3. The van der Waals surface area contributed by atoms with Gasteiger partial charge < -0.3 is 10.5 Å². The van der Waals surface area contributed by atoms with Gasteiger partial charge in [-0.05, 0) is 23.8 Å². The Hall–Kier alpha value is -2.10. The van der Waals surface area contributed by atoms with Gasteiger partial charge in [-0.2, -0.15) is 0 Å². The fraction of sp³-hybridized carbons (Fsp3) is 0.0909. The largest absolute Gasteiger partial charge is 0.480 e. The Balaban J connectivity index is 2.43. The van der Waals surface area contributed by atoms with Crippen molar-refractivity contribution < 1.29 is 4.74 Å². The molecule has 0 radical (unpaired) electrons. The molecule has 0 aromatic carbocycles. The van der Waals surface area contributed by atoms with Crippen LogP contribution in [0.4, 0.5) is 5.69 Å². The van der Waals surface area contributed by atoms with Crippen molar-refractivity contribution in [1.29, 1.82) is 0 Å². The van der Waals surface area contributed by atoms with Crippen molar-refractivity contribution in [2.45, 2.75) is 0 Å². The fourth-order valence-corrected chi connectivity index (χ4v) is 1.34. The van der Waals surface area contributed by atoms with Gasteiger partial charge in [-0.1, -0.05) is 0 Å². The van der Waals surface area contributed by atoms with Gasteiger partial charge in [-0.15, -0.1) is 0 Å². The second kappa shape index (κ2) is 3.96. The summed E-state index contributed by atoms with van der Waals surface area (Å²) in [4.78, 5) is 8.06. The van der Waals surface area contributed by atoms with Crippen molar-refractivity contribution in [2.75, 3.05) is 12.8 Å². The van der Waals surface area contributed by atoms with Crippen LogP contribution in [-0.4, -0.2) is 17.1 Å². The summed E-state index contributed by atoms with van der Waals surface area (Å²) in [7, 11) is 1.55. The molecule has 0 spiro atoms. The van der Waals surface area contributed by atoms with Gasteiger partial charge in [0.2, 0.25) is 5.88 Å². The van der Waals surface area contributed by atoms with Crippen LogP contribution < -0.4 is 10.5 Å². The van der Waals surface area contributed by atoms with Gasteiger partial charge in [-0.3, -0.25) is 4.98 Å². The molecule has 76 valence electrons. The van der Waals surface area contributed by atoms with Crippen molar-refractivity contribution in [3.63, 3.8) is 0 Å². The van der Waals surface area contributed by atoms with E-state index >= 15 is 0 Å². The molecular weight excluding hydrogens is 190 g/mol. The van der Waals surface area contributed by atoms with E-state index in [0.717, 1.165) is 11.1 Å². The summed E-state index contributed by atoms with van der Waals surface area (Å²) in [6.07, 6.45) is 5.19. The average molecular weight is 201 g/mol. The third kappa shape index (κ3) is 1.88.